The topological polar surface area (TPSA) is 55.4 Å². The Kier molecular flexibility index (Phi) is 5.97. The quantitative estimate of drug-likeness (QED) is 0.678. The number of halogens is 1. The van der Waals surface area contributed by atoms with Crippen molar-refractivity contribution in [2.45, 2.75) is 25.8 Å². The molecule has 0 heterocycles. The van der Waals surface area contributed by atoms with E-state index in [1.165, 1.54) is 7.11 Å². The van der Waals surface area contributed by atoms with Crippen LogP contribution in [0.5, 0.6) is 0 Å². The Morgan fingerprint density at radius 3 is 2.43 bits per heavy atom. The van der Waals surface area contributed by atoms with Crippen molar-refractivity contribution in [1.29, 1.82) is 0 Å². The lowest BCUT2D eigenvalue weighted by atomic mass is 10.1. The van der Waals surface area contributed by atoms with Gasteiger partial charge in [0.1, 0.15) is 0 Å². The van der Waals surface area contributed by atoms with Crippen molar-refractivity contribution in [2.24, 2.45) is 0 Å². The van der Waals surface area contributed by atoms with Gasteiger partial charge in [-0.1, -0.05) is 0 Å². The highest BCUT2D eigenvalue weighted by molar-refractivity contribution is 7.89. The minimum Gasteiger partial charge on any atom is -0.383 e. The maximum Gasteiger partial charge on any atom is 0.212 e. The summed E-state index contributed by atoms with van der Waals surface area (Å²) < 4.78 is 30.4. The van der Waals surface area contributed by atoms with Gasteiger partial charge in [0, 0.05) is 13.0 Å². The van der Waals surface area contributed by atoms with E-state index in [2.05, 4.69) is 4.72 Å². The van der Waals surface area contributed by atoms with Gasteiger partial charge in [-0.05, 0) is 20.3 Å². The van der Waals surface area contributed by atoms with Gasteiger partial charge in [-0.15, -0.1) is 11.6 Å². The second-order valence-electron chi connectivity index (χ2n) is 3.78. The Balaban J connectivity index is 4.20. The van der Waals surface area contributed by atoms with Crippen molar-refractivity contribution in [3.63, 3.8) is 0 Å². The van der Waals surface area contributed by atoms with Crippen LogP contribution in [0.25, 0.3) is 0 Å². The Hall–Kier alpha value is 0.160. The smallest absolute Gasteiger partial charge is 0.212 e. The molecule has 0 amide bonds. The molecule has 0 atom stereocenters. The summed E-state index contributed by atoms with van der Waals surface area (Å²) in [6.45, 7) is 3.89. The summed E-state index contributed by atoms with van der Waals surface area (Å²) in [5.41, 5.74) is -0.570. The van der Waals surface area contributed by atoms with Crippen LogP contribution in [0, 0.1) is 0 Å². The van der Waals surface area contributed by atoms with Gasteiger partial charge in [-0.2, -0.15) is 0 Å². The fourth-order valence-corrected chi connectivity index (χ4v) is 2.93. The first-order valence-corrected chi connectivity index (χ1v) is 6.58. The third-order valence-corrected chi connectivity index (χ3v) is 3.44. The maximum absolute atomic E-state index is 11.5. The lowest BCUT2D eigenvalue weighted by Gasteiger charge is -2.24. The van der Waals surface area contributed by atoms with Crippen LogP contribution in [0.1, 0.15) is 20.3 Å². The number of nitrogens with one attached hydrogen (secondary N) is 1. The molecule has 0 fully saturated rings. The molecule has 0 rings (SSSR count). The highest BCUT2D eigenvalue weighted by Crippen LogP contribution is 2.05. The van der Waals surface area contributed by atoms with E-state index < -0.39 is 15.6 Å². The van der Waals surface area contributed by atoms with Gasteiger partial charge in [0.2, 0.25) is 10.0 Å². The molecular formula is C8H18ClNO3S. The van der Waals surface area contributed by atoms with Gasteiger partial charge in [0.05, 0.1) is 17.9 Å². The van der Waals surface area contributed by atoms with Gasteiger partial charge in [-0.3, -0.25) is 0 Å². The third kappa shape index (κ3) is 6.59. The zero-order chi connectivity index (χ0) is 11.2. The number of alkyl halides is 1. The molecule has 0 bridgehead atoms. The van der Waals surface area contributed by atoms with E-state index in [-0.39, 0.29) is 5.75 Å². The van der Waals surface area contributed by atoms with Crippen LogP contribution in [0.4, 0.5) is 0 Å². The van der Waals surface area contributed by atoms with Gasteiger partial charge in [-0.25, -0.2) is 13.1 Å². The van der Waals surface area contributed by atoms with Crippen LogP contribution >= 0.6 is 11.6 Å². The molecule has 0 aromatic rings. The Morgan fingerprint density at radius 2 is 2.00 bits per heavy atom. The minimum absolute atomic E-state index is 0.0592. The summed E-state index contributed by atoms with van der Waals surface area (Å²) >= 11 is 5.42. The Morgan fingerprint density at radius 1 is 1.43 bits per heavy atom. The van der Waals surface area contributed by atoms with Crippen LogP contribution < -0.4 is 4.72 Å². The molecule has 0 aliphatic heterocycles. The van der Waals surface area contributed by atoms with E-state index in [9.17, 15) is 8.42 Å². The number of sulfonamides is 1. The molecule has 0 aromatic carbocycles. The number of hydrogen-bond acceptors (Lipinski definition) is 3. The monoisotopic (exact) mass is 243 g/mol. The molecule has 6 heteroatoms. The van der Waals surface area contributed by atoms with Crippen LogP contribution in [0.15, 0.2) is 0 Å². The first-order valence-electron chi connectivity index (χ1n) is 4.39. The maximum atomic E-state index is 11.5. The molecule has 0 saturated carbocycles. The molecular weight excluding hydrogens is 226 g/mol. The summed E-state index contributed by atoms with van der Waals surface area (Å²) in [7, 11) is -1.70. The molecule has 1 N–H and O–H groups in total. The van der Waals surface area contributed by atoms with Gasteiger partial charge in [0.15, 0.2) is 0 Å². The highest BCUT2D eigenvalue weighted by atomic mass is 35.5. The normalized spacial score (nSPS) is 13.1. The number of hydrogen-bond donors (Lipinski definition) is 1. The Bertz CT molecular complexity index is 251. The molecule has 0 spiro atoms. The first-order chi connectivity index (χ1) is 6.33. The number of rotatable bonds is 7. The van der Waals surface area contributed by atoms with E-state index in [0.29, 0.717) is 18.9 Å². The second kappa shape index (κ2) is 5.90. The molecule has 0 aromatic heterocycles. The molecule has 0 aliphatic carbocycles. The SMILES string of the molecule is COCC(C)(C)NS(=O)(=O)CCCCl. The zero-order valence-electron chi connectivity index (χ0n) is 8.84. The van der Waals surface area contributed by atoms with E-state index in [0.717, 1.165) is 0 Å². The molecule has 0 radical (unpaired) electrons. The average molecular weight is 244 g/mol. The van der Waals surface area contributed by atoms with Crippen molar-refractivity contribution >= 4 is 21.6 Å². The van der Waals surface area contributed by atoms with Crippen molar-refractivity contribution in [2.75, 3.05) is 25.3 Å². The largest absolute Gasteiger partial charge is 0.383 e. The zero-order valence-corrected chi connectivity index (χ0v) is 10.4. The summed E-state index contributed by atoms with van der Waals surface area (Å²) in [6, 6.07) is 0. The second-order valence-corrected chi connectivity index (χ2v) is 6.00. The molecule has 86 valence electrons. The summed E-state index contributed by atoms with van der Waals surface area (Å²) in [5.74, 6) is 0.412. The molecule has 0 saturated heterocycles. The van der Waals surface area contributed by atoms with E-state index in [4.69, 9.17) is 16.3 Å². The summed E-state index contributed by atoms with van der Waals surface area (Å²) in [5, 5.41) is 0. The van der Waals surface area contributed by atoms with Crippen molar-refractivity contribution in [3.05, 3.63) is 0 Å². The molecule has 4 nitrogen and oxygen atoms in total. The Labute approximate surface area is 91.0 Å². The predicted molar refractivity (Wildman–Crippen MR) is 58.2 cm³/mol. The average Bonchev–Trinajstić information content (AvgIpc) is 1.98. The summed E-state index contributed by atoms with van der Waals surface area (Å²) in [4.78, 5) is 0. The van der Waals surface area contributed by atoms with Crippen LogP contribution in [-0.4, -0.2) is 39.3 Å². The molecule has 14 heavy (non-hydrogen) atoms. The third-order valence-electron chi connectivity index (χ3n) is 1.48. The summed E-state index contributed by atoms with van der Waals surface area (Å²) in [6.07, 6.45) is 0.458. The van der Waals surface area contributed by atoms with Gasteiger partial charge in [0.25, 0.3) is 0 Å². The molecule has 0 unspecified atom stereocenters. The lowest BCUT2D eigenvalue weighted by molar-refractivity contribution is 0.141. The van der Waals surface area contributed by atoms with E-state index in [1.54, 1.807) is 13.8 Å². The van der Waals surface area contributed by atoms with Crippen molar-refractivity contribution < 1.29 is 13.2 Å². The lowest BCUT2D eigenvalue weighted by Crippen LogP contribution is -2.47. The van der Waals surface area contributed by atoms with E-state index in [1.807, 2.05) is 0 Å². The van der Waals surface area contributed by atoms with Crippen LogP contribution in [0.2, 0.25) is 0 Å². The van der Waals surface area contributed by atoms with Crippen LogP contribution in [0.3, 0.4) is 0 Å². The number of methoxy groups -OCH3 is 1. The van der Waals surface area contributed by atoms with Gasteiger partial charge >= 0.3 is 0 Å². The van der Waals surface area contributed by atoms with Crippen molar-refractivity contribution in [1.82, 2.24) is 4.72 Å². The van der Waals surface area contributed by atoms with Crippen LogP contribution in [-0.2, 0) is 14.8 Å². The standard InChI is InChI=1S/C8H18ClNO3S/c1-8(2,7-13-3)10-14(11,12)6-4-5-9/h10H,4-7H2,1-3H3. The van der Waals surface area contributed by atoms with E-state index >= 15 is 0 Å². The predicted octanol–water partition coefficient (Wildman–Crippen LogP) is 0.960. The number of ether oxygens (including phenoxy) is 1. The molecule has 0 aliphatic rings. The van der Waals surface area contributed by atoms with Crippen molar-refractivity contribution in [3.8, 4) is 0 Å². The van der Waals surface area contributed by atoms with Gasteiger partial charge < -0.3 is 4.74 Å². The fourth-order valence-electron chi connectivity index (χ4n) is 1.11. The highest BCUT2D eigenvalue weighted by Gasteiger charge is 2.24. The first kappa shape index (κ1) is 14.2. The minimum atomic E-state index is -3.24. The fraction of sp³-hybridized carbons (Fsp3) is 1.00.